The molecule has 2 fully saturated rings. The molecule has 21 heavy (non-hydrogen) atoms. The normalized spacial score (nSPS) is 31.0. The molecule has 2 unspecified atom stereocenters. The predicted octanol–water partition coefficient (Wildman–Crippen LogP) is 3.91. The lowest BCUT2D eigenvalue weighted by atomic mass is 9.87. The number of thiophene rings is 1. The zero-order valence-corrected chi connectivity index (χ0v) is 14.8. The van der Waals surface area contributed by atoms with Crippen LogP contribution in [0.25, 0.3) is 0 Å². The minimum atomic E-state index is 0.363. The molecule has 1 aliphatic heterocycles. The molecule has 2 heterocycles. The maximum absolute atomic E-state index is 3.82. The number of hydrogen-bond donors (Lipinski definition) is 1. The highest BCUT2D eigenvalue weighted by Crippen LogP contribution is 2.45. The van der Waals surface area contributed by atoms with Crippen LogP contribution in [0.4, 0.5) is 0 Å². The Balaban J connectivity index is 1.76. The van der Waals surface area contributed by atoms with Crippen molar-refractivity contribution in [2.75, 3.05) is 13.1 Å². The third kappa shape index (κ3) is 3.20. The highest BCUT2D eigenvalue weighted by Gasteiger charge is 2.48. The van der Waals surface area contributed by atoms with Gasteiger partial charge in [0.2, 0.25) is 0 Å². The van der Waals surface area contributed by atoms with Crippen LogP contribution in [-0.2, 0) is 13.0 Å². The van der Waals surface area contributed by atoms with Gasteiger partial charge in [0.15, 0.2) is 0 Å². The van der Waals surface area contributed by atoms with Crippen LogP contribution in [0.2, 0.25) is 0 Å². The summed E-state index contributed by atoms with van der Waals surface area (Å²) >= 11 is 2.01. The predicted molar refractivity (Wildman–Crippen MR) is 91.9 cm³/mol. The van der Waals surface area contributed by atoms with E-state index in [1.165, 1.54) is 30.7 Å². The summed E-state index contributed by atoms with van der Waals surface area (Å²) in [4.78, 5) is 5.86. The first kappa shape index (κ1) is 15.5. The van der Waals surface area contributed by atoms with Crippen LogP contribution in [0, 0.1) is 11.8 Å². The van der Waals surface area contributed by atoms with E-state index in [2.05, 4.69) is 50.0 Å². The summed E-state index contributed by atoms with van der Waals surface area (Å²) < 4.78 is 0. The monoisotopic (exact) mass is 306 g/mol. The molecular weight excluding hydrogens is 276 g/mol. The summed E-state index contributed by atoms with van der Waals surface area (Å²) in [6.45, 7) is 12.9. The van der Waals surface area contributed by atoms with Gasteiger partial charge in [0.25, 0.3) is 0 Å². The second kappa shape index (κ2) is 6.02. The van der Waals surface area contributed by atoms with E-state index in [4.69, 9.17) is 0 Å². The topological polar surface area (TPSA) is 15.3 Å². The van der Waals surface area contributed by atoms with Gasteiger partial charge in [-0.25, -0.2) is 0 Å². The Labute approximate surface area is 133 Å². The molecule has 3 heteroatoms. The Morgan fingerprint density at radius 2 is 2.05 bits per heavy atom. The molecule has 1 aromatic rings. The van der Waals surface area contributed by atoms with Gasteiger partial charge in [0.1, 0.15) is 0 Å². The molecule has 1 aromatic heterocycles. The van der Waals surface area contributed by atoms with Crippen LogP contribution in [-0.4, -0.2) is 29.6 Å². The maximum atomic E-state index is 3.82. The van der Waals surface area contributed by atoms with Gasteiger partial charge in [-0.15, -0.1) is 11.3 Å². The van der Waals surface area contributed by atoms with Gasteiger partial charge < -0.3 is 5.32 Å². The number of piperazine rings is 1. The summed E-state index contributed by atoms with van der Waals surface area (Å²) in [5.41, 5.74) is 0.363. The third-order valence-electron chi connectivity index (χ3n) is 5.54. The second-order valence-corrected chi connectivity index (χ2v) is 8.72. The van der Waals surface area contributed by atoms with E-state index in [9.17, 15) is 0 Å². The van der Waals surface area contributed by atoms with Crippen molar-refractivity contribution < 1.29 is 0 Å². The standard InChI is InChI=1S/C18H30N2S/c1-5-15-8-9-16(21-15)10-20-11-17(13(2)3)19-12-18(20,4)14-6-7-14/h8-9,13-14,17,19H,5-7,10-12H2,1-4H3. The smallest absolute Gasteiger partial charge is 0.0338 e. The summed E-state index contributed by atoms with van der Waals surface area (Å²) in [6, 6.07) is 5.31. The average molecular weight is 307 g/mol. The molecule has 0 radical (unpaired) electrons. The zero-order valence-electron chi connectivity index (χ0n) is 14.0. The van der Waals surface area contributed by atoms with Gasteiger partial charge in [-0.1, -0.05) is 20.8 Å². The van der Waals surface area contributed by atoms with Crippen LogP contribution >= 0.6 is 11.3 Å². The van der Waals surface area contributed by atoms with Crippen LogP contribution < -0.4 is 5.32 Å². The van der Waals surface area contributed by atoms with Gasteiger partial charge in [-0.3, -0.25) is 4.90 Å². The fraction of sp³-hybridized carbons (Fsp3) is 0.778. The highest BCUT2D eigenvalue weighted by molar-refractivity contribution is 7.11. The number of nitrogens with one attached hydrogen (secondary N) is 1. The van der Waals surface area contributed by atoms with Crippen molar-refractivity contribution in [2.24, 2.45) is 11.8 Å². The largest absolute Gasteiger partial charge is 0.311 e. The molecule has 118 valence electrons. The lowest BCUT2D eigenvalue weighted by Crippen LogP contribution is -2.65. The van der Waals surface area contributed by atoms with Crippen molar-refractivity contribution >= 4 is 11.3 Å². The average Bonchev–Trinajstić information content (AvgIpc) is 3.22. The van der Waals surface area contributed by atoms with Crippen LogP contribution in [0.5, 0.6) is 0 Å². The molecule has 2 nitrogen and oxygen atoms in total. The first-order valence-corrected chi connectivity index (χ1v) is 9.40. The number of rotatable bonds is 5. The fourth-order valence-corrected chi connectivity index (χ4v) is 4.62. The van der Waals surface area contributed by atoms with Crippen LogP contribution in [0.1, 0.15) is 50.3 Å². The third-order valence-corrected chi connectivity index (χ3v) is 6.75. The van der Waals surface area contributed by atoms with E-state index in [1.807, 2.05) is 11.3 Å². The molecule has 1 N–H and O–H groups in total. The van der Waals surface area contributed by atoms with E-state index in [1.54, 1.807) is 4.88 Å². The summed E-state index contributed by atoms with van der Waals surface area (Å²) in [5.74, 6) is 1.62. The SMILES string of the molecule is CCc1ccc(CN2CC(C(C)C)NCC2(C)C2CC2)s1. The summed E-state index contributed by atoms with van der Waals surface area (Å²) in [5, 5.41) is 3.82. The summed E-state index contributed by atoms with van der Waals surface area (Å²) in [6.07, 6.45) is 4.01. The van der Waals surface area contributed by atoms with Gasteiger partial charge in [0, 0.05) is 41.0 Å². The van der Waals surface area contributed by atoms with Crippen molar-refractivity contribution in [1.82, 2.24) is 10.2 Å². The summed E-state index contributed by atoms with van der Waals surface area (Å²) in [7, 11) is 0. The lowest BCUT2D eigenvalue weighted by molar-refractivity contribution is 0.0194. The van der Waals surface area contributed by atoms with Crippen molar-refractivity contribution in [3.63, 3.8) is 0 Å². The Morgan fingerprint density at radius 3 is 2.62 bits per heavy atom. The molecule has 1 saturated heterocycles. The molecule has 0 amide bonds. The van der Waals surface area contributed by atoms with Crippen molar-refractivity contribution in [3.05, 3.63) is 21.9 Å². The molecule has 1 saturated carbocycles. The molecule has 3 rings (SSSR count). The number of aryl methyl sites for hydroxylation is 1. The molecule has 1 aliphatic carbocycles. The first-order chi connectivity index (χ1) is 10.0. The molecular formula is C18H30N2S. The van der Waals surface area contributed by atoms with E-state index < -0.39 is 0 Å². The highest BCUT2D eigenvalue weighted by atomic mass is 32.1. The van der Waals surface area contributed by atoms with Gasteiger partial charge >= 0.3 is 0 Å². The van der Waals surface area contributed by atoms with E-state index in [0.717, 1.165) is 19.0 Å². The minimum absolute atomic E-state index is 0.363. The minimum Gasteiger partial charge on any atom is -0.311 e. The van der Waals surface area contributed by atoms with Gasteiger partial charge in [-0.05, 0) is 50.2 Å². The first-order valence-electron chi connectivity index (χ1n) is 8.59. The fourth-order valence-electron chi connectivity index (χ4n) is 3.64. The molecule has 2 aliphatic rings. The Morgan fingerprint density at radius 1 is 1.33 bits per heavy atom. The van der Waals surface area contributed by atoms with Gasteiger partial charge in [-0.2, -0.15) is 0 Å². The van der Waals surface area contributed by atoms with Crippen molar-refractivity contribution in [2.45, 2.75) is 65.1 Å². The van der Waals surface area contributed by atoms with Crippen molar-refractivity contribution in [3.8, 4) is 0 Å². The van der Waals surface area contributed by atoms with E-state index >= 15 is 0 Å². The number of hydrogen-bond acceptors (Lipinski definition) is 3. The van der Waals surface area contributed by atoms with Gasteiger partial charge in [0.05, 0.1) is 0 Å². The Hall–Kier alpha value is -0.380. The van der Waals surface area contributed by atoms with Crippen LogP contribution in [0.15, 0.2) is 12.1 Å². The quantitative estimate of drug-likeness (QED) is 0.887. The molecule has 0 aromatic carbocycles. The Kier molecular flexibility index (Phi) is 4.45. The maximum Gasteiger partial charge on any atom is 0.0338 e. The van der Waals surface area contributed by atoms with Crippen molar-refractivity contribution in [1.29, 1.82) is 0 Å². The van der Waals surface area contributed by atoms with E-state index in [-0.39, 0.29) is 0 Å². The zero-order chi connectivity index (χ0) is 15.0. The second-order valence-electron chi connectivity index (χ2n) is 7.46. The molecule has 0 spiro atoms. The lowest BCUT2D eigenvalue weighted by Gasteiger charge is -2.49. The molecule has 2 atom stereocenters. The van der Waals surface area contributed by atoms with E-state index in [0.29, 0.717) is 17.5 Å². The number of nitrogens with zero attached hydrogens (tertiary/aromatic N) is 1. The molecule has 0 bridgehead atoms. The Bertz CT molecular complexity index is 477. The van der Waals surface area contributed by atoms with Crippen LogP contribution in [0.3, 0.4) is 0 Å².